The number of nitrogens with two attached hydrogens (primary N) is 3. The van der Waals surface area contributed by atoms with Crippen molar-refractivity contribution in [1.29, 1.82) is 0 Å². The molecule has 506 valence electrons. The maximum absolute atomic E-state index is 15.1. The molecule has 2 aliphatic rings. The van der Waals surface area contributed by atoms with Crippen molar-refractivity contribution in [2.45, 2.75) is 139 Å². The van der Waals surface area contributed by atoms with Crippen molar-refractivity contribution in [3.8, 4) is 5.75 Å². The number of carbonyl (C=O) groups excluding carboxylic acids is 11. The van der Waals surface area contributed by atoms with E-state index in [2.05, 4.69) is 72.8 Å². The number of primary amides is 1. The number of benzene rings is 3. The number of fused-ring (bicyclic) bond motifs is 2. The molecule has 2 aliphatic heterocycles. The molecule has 6 aromatic rings. The summed E-state index contributed by atoms with van der Waals surface area (Å²) in [5, 5.41) is 46.5. The first kappa shape index (κ1) is 70.0. The normalized spacial score (nSPS) is 16.6. The Hall–Kier alpha value is -10.8. The zero-order chi connectivity index (χ0) is 68.3. The Labute approximate surface area is 545 Å². The summed E-state index contributed by atoms with van der Waals surface area (Å²) in [6, 6.07) is 9.60. The number of para-hydroxylation sites is 2. The molecule has 95 heavy (non-hydrogen) atoms. The van der Waals surface area contributed by atoms with Gasteiger partial charge in [-0.1, -0.05) is 62.4 Å². The molecular formula is C64H82N18O13. The Morgan fingerprint density at radius 3 is 1.91 bits per heavy atom. The van der Waals surface area contributed by atoms with Gasteiger partial charge in [0.1, 0.15) is 60.1 Å². The minimum absolute atomic E-state index is 0.00922. The van der Waals surface area contributed by atoms with Gasteiger partial charge in [0.2, 0.25) is 65.0 Å². The second kappa shape index (κ2) is 33.1. The third-order valence-corrected chi connectivity index (χ3v) is 16.3. The highest BCUT2D eigenvalue weighted by Crippen LogP contribution is 2.23. The molecule has 3 aromatic carbocycles. The van der Waals surface area contributed by atoms with Gasteiger partial charge in [-0.3, -0.25) is 57.7 Å². The summed E-state index contributed by atoms with van der Waals surface area (Å²) >= 11 is 0. The number of hydrogen-bond acceptors (Lipinski definition) is 15. The zero-order valence-corrected chi connectivity index (χ0v) is 52.6. The van der Waals surface area contributed by atoms with Crippen molar-refractivity contribution < 1.29 is 63.0 Å². The van der Waals surface area contributed by atoms with Gasteiger partial charge in [0.05, 0.1) is 19.5 Å². The quantitative estimate of drug-likeness (QED) is 0.0117. The first-order valence-corrected chi connectivity index (χ1v) is 31.3. The smallest absolute Gasteiger partial charge is 0.245 e. The number of phenolic OH excluding ortho intramolecular Hbond substituents is 1. The molecule has 31 nitrogen and oxygen atoms in total. The van der Waals surface area contributed by atoms with Crippen molar-refractivity contribution in [1.82, 2.24) is 72.7 Å². The van der Waals surface area contributed by atoms with E-state index in [0.717, 1.165) is 5.39 Å². The van der Waals surface area contributed by atoms with E-state index in [4.69, 9.17) is 17.2 Å². The standard InChI is InChI=1S/C64H82N18O13/c1-34(2)23-46(56(88)75-45(13-7-21-69-64(66)67)63(95)82-22-8-14-52(82)62(94)71-31-53(65)85)76-59(91)49(27-38-25-36-9-3-5-11-42(36)73-38)80-57(89)47(24-35-15-17-40(84)18-16-35)77-61(93)51(32-83)81-58(90)48(26-37-29-70-43-12-6-4-10-41(37)43)78-60(92)50(28-39-30-68-33-72-39)79-55(87)44-19-20-54(86)74-44/h3-6,9-12,15-18,25,29-30,33-34,44-52,70,73,83-84H,7-8,13-14,19-24,26-28,31-32H2,1-2H3,(H2,65,85)(H,68,72)(H,71,94)(H,74,86)(H,75,88)(H,76,91)(H,77,93)(H,78,92)(H,79,87)(H,80,89)(H,81,90)(H4,66,67,69)/t44-,45+,46?,47+,48+,49+,50+,51+,52+/m1/s1. The average molecular weight is 1310 g/mol. The molecule has 31 heteroatoms. The lowest BCUT2D eigenvalue weighted by Crippen LogP contribution is -2.61. The summed E-state index contributed by atoms with van der Waals surface area (Å²) < 4.78 is 0. The maximum atomic E-state index is 15.1. The lowest BCUT2D eigenvalue weighted by atomic mass is 10.00. The fraction of sp³-hybridized carbons (Fsp3) is 0.422. The van der Waals surface area contributed by atoms with Gasteiger partial charge < -0.3 is 95.1 Å². The number of aromatic hydroxyl groups is 1. The highest BCUT2D eigenvalue weighted by atomic mass is 16.3. The molecule has 2 saturated heterocycles. The molecule has 0 saturated carbocycles. The van der Waals surface area contributed by atoms with Crippen molar-refractivity contribution in [2.24, 2.45) is 28.1 Å². The summed E-state index contributed by atoms with van der Waals surface area (Å²) in [5.74, 6) is -9.06. The van der Waals surface area contributed by atoms with Crippen LogP contribution in [-0.2, 0) is 78.4 Å². The van der Waals surface area contributed by atoms with Crippen LogP contribution in [0.4, 0.5) is 0 Å². The van der Waals surface area contributed by atoms with Crippen molar-refractivity contribution in [3.05, 3.63) is 120 Å². The largest absolute Gasteiger partial charge is 0.508 e. The van der Waals surface area contributed by atoms with Crippen LogP contribution in [0, 0.1) is 5.92 Å². The van der Waals surface area contributed by atoms with Crippen LogP contribution in [0.5, 0.6) is 5.75 Å². The molecule has 9 atom stereocenters. The van der Waals surface area contributed by atoms with Gasteiger partial charge in [0, 0.05) is 85.4 Å². The Balaban J connectivity index is 1.05. The minimum Gasteiger partial charge on any atom is -0.508 e. The van der Waals surface area contributed by atoms with Crippen molar-refractivity contribution in [2.75, 3.05) is 26.2 Å². The van der Waals surface area contributed by atoms with Crippen LogP contribution in [0.3, 0.4) is 0 Å². The van der Waals surface area contributed by atoms with E-state index >= 15 is 9.59 Å². The minimum atomic E-state index is -1.80. The van der Waals surface area contributed by atoms with Crippen LogP contribution in [0.2, 0.25) is 0 Å². The van der Waals surface area contributed by atoms with E-state index in [1.165, 1.54) is 41.7 Å². The summed E-state index contributed by atoms with van der Waals surface area (Å²) in [6.45, 7) is 2.32. The third kappa shape index (κ3) is 19.8. The number of aromatic amines is 3. The molecule has 0 aliphatic carbocycles. The van der Waals surface area contributed by atoms with Crippen molar-refractivity contribution in [3.63, 3.8) is 0 Å². The average Bonchev–Trinajstić information content (AvgIpc) is 1.80. The van der Waals surface area contributed by atoms with Gasteiger partial charge in [-0.25, -0.2) is 4.98 Å². The predicted octanol–water partition coefficient (Wildman–Crippen LogP) is -2.29. The SMILES string of the molecule is CC(C)CC(NC(=O)[C@H](Cc1cc2ccccc2[nH]1)NC(=O)[C@H](Cc1ccc(O)cc1)NC(=O)[C@H](CO)NC(=O)[C@H](Cc1c[nH]c2ccccc12)NC(=O)[C@H](Cc1cnc[nH]1)NC(=O)[C@H]1CCC(=O)N1)C(=O)N[C@@H](CCCN=C(N)N)C(=O)N1CCC[C@H]1C(=O)NCC(N)=O. The van der Waals surface area contributed by atoms with Gasteiger partial charge in [-0.05, 0) is 91.3 Å². The first-order chi connectivity index (χ1) is 45.5. The van der Waals surface area contributed by atoms with E-state index in [0.29, 0.717) is 45.4 Å². The van der Waals surface area contributed by atoms with Gasteiger partial charge in [-0.15, -0.1) is 0 Å². The number of guanidine groups is 1. The number of aliphatic imine (C=N–C) groups is 1. The summed E-state index contributed by atoms with van der Waals surface area (Å²) in [6.07, 6.45) is 4.83. The number of amides is 11. The molecule has 11 amide bonds. The van der Waals surface area contributed by atoms with E-state index in [1.807, 2.05) is 12.1 Å². The highest BCUT2D eigenvalue weighted by Gasteiger charge is 2.40. The number of hydrogen-bond donors (Lipinski definition) is 17. The van der Waals surface area contributed by atoms with Crippen LogP contribution in [-0.4, -0.2) is 187 Å². The van der Waals surface area contributed by atoms with Gasteiger partial charge in [-0.2, -0.15) is 0 Å². The molecule has 0 spiro atoms. The van der Waals surface area contributed by atoms with Gasteiger partial charge in [0.15, 0.2) is 5.96 Å². The van der Waals surface area contributed by atoms with E-state index in [-0.39, 0.29) is 101 Å². The highest BCUT2D eigenvalue weighted by molar-refractivity contribution is 6.00. The Morgan fingerprint density at radius 1 is 0.674 bits per heavy atom. The summed E-state index contributed by atoms with van der Waals surface area (Å²) in [5.41, 5.74) is 19.7. The monoisotopic (exact) mass is 1310 g/mol. The molecule has 20 N–H and O–H groups in total. The Kier molecular flexibility index (Phi) is 24.4. The molecule has 2 fully saturated rings. The van der Waals surface area contributed by atoms with Crippen LogP contribution in [0.25, 0.3) is 21.8 Å². The van der Waals surface area contributed by atoms with Crippen LogP contribution >= 0.6 is 0 Å². The lowest BCUT2D eigenvalue weighted by Gasteiger charge is -2.30. The van der Waals surface area contributed by atoms with Gasteiger partial charge in [0.25, 0.3) is 0 Å². The number of H-pyrrole nitrogens is 3. The molecule has 0 bridgehead atoms. The number of aliphatic hydroxyl groups excluding tert-OH is 1. The summed E-state index contributed by atoms with van der Waals surface area (Å²) in [4.78, 5) is 172. The number of aliphatic hydroxyl groups is 1. The third-order valence-electron chi connectivity index (χ3n) is 16.3. The lowest BCUT2D eigenvalue weighted by molar-refractivity contribution is -0.142. The Bertz CT molecular complexity index is 3720. The molecule has 8 rings (SSSR count). The van der Waals surface area contributed by atoms with Crippen LogP contribution < -0.4 is 65.1 Å². The first-order valence-electron chi connectivity index (χ1n) is 31.3. The molecular weight excluding hydrogens is 1230 g/mol. The number of nitrogens with one attached hydrogen (secondary N) is 12. The van der Waals surface area contributed by atoms with Crippen LogP contribution in [0.15, 0.2) is 103 Å². The van der Waals surface area contributed by atoms with E-state index in [9.17, 15) is 53.4 Å². The van der Waals surface area contributed by atoms with Crippen molar-refractivity contribution >= 4 is 92.7 Å². The summed E-state index contributed by atoms with van der Waals surface area (Å²) in [7, 11) is 0. The topological polar surface area (TPSA) is 490 Å². The second-order valence-electron chi connectivity index (χ2n) is 24.0. The fourth-order valence-electron chi connectivity index (χ4n) is 11.5. The molecule has 5 heterocycles. The van der Waals surface area contributed by atoms with Crippen LogP contribution in [0.1, 0.15) is 81.3 Å². The predicted molar refractivity (Wildman–Crippen MR) is 346 cm³/mol. The number of phenols is 1. The molecule has 0 radical (unpaired) electrons. The fourth-order valence-corrected chi connectivity index (χ4v) is 11.5. The van der Waals surface area contributed by atoms with Gasteiger partial charge >= 0.3 is 0 Å². The number of rotatable bonds is 33. The number of imidazole rings is 1. The number of carbonyl (C=O) groups is 11. The number of likely N-dealkylation sites (tertiary alicyclic amines) is 1. The molecule has 3 aromatic heterocycles. The zero-order valence-electron chi connectivity index (χ0n) is 52.6. The van der Waals surface area contributed by atoms with E-state index < -0.39 is 127 Å². The Morgan fingerprint density at radius 2 is 1.27 bits per heavy atom. The maximum Gasteiger partial charge on any atom is 0.245 e. The van der Waals surface area contributed by atoms with E-state index in [1.54, 1.807) is 62.5 Å². The second-order valence-corrected chi connectivity index (χ2v) is 24.0. The number of nitrogens with zero attached hydrogens (tertiary/aromatic N) is 3. The molecule has 1 unspecified atom stereocenters. The number of aromatic nitrogens is 4.